The van der Waals surface area contributed by atoms with Crippen LogP contribution in [0.15, 0.2) is 66.7 Å². The monoisotopic (exact) mass is 430 g/mol. The lowest BCUT2D eigenvalue weighted by Crippen LogP contribution is -2.16. The molecule has 0 saturated heterocycles. The van der Waals surface area contributed by atoms with Gasteiger partial charge in [-0.15, -0.1) is 33.6 Å². The molecular formula is C21H11F5N4O. The Kier molecular flexibility index (Phi) is 5.28. The first-order chi connectivity index (χ1) is 14.8. The molecule has 0 radical (unpaired) electrons. The fourth-order valence-electron chi connectivity index (χ4n) is 2.82. The number of hydrogen-bond donors (Lipinski definition) is 0. The normalized spacial score (nSPS) is 11.4. The summed E-state index contributed by atoms with van der Waals surface area (Å²) in [6, 6.07) is 15.6. The van der Waals surface area contributed by atoms with E-state index in [4.69, 9.17) is 0 Å². The van der Waals surface area contributed by atoms with Crippen LogP contribution in [-0.2, 0) is 0 Å². The first kappa shape index (κ1) is 20.3. The molecule has 0 aliphatic rings. The lowest BCUT2D eigenvalue weighted by atomic mass is 10.0. The third-order valence-corrected chi connectivity index (χ3v) is 4.23. The molecule has 4 aromatic rings. The predicted octanol–water partition coefficient (Wildman–Crippen LogP) is 5.44. The summed E-state index contributed by atoms with van der Waals surface area (Å²) in [6.07, 6.45) is -4.75. The standard InChI is InChI=1S/C21H11F5N4O/c22-16-2-1-3-17(23)18(16)20-29-27-19(28-30-20)14-6-4-12(5-7-14)13-8-10-15(11-9-13)31-21(24,25)26/h1-11H. The molecule has 0 spiro atoms. The zero-order chi connectivity index (χ0) is 22.0. The van der Waals surface area contributed by atoms with Crippen molar-refractivity contribution in [3.05, 3.63) is 78.4 Å². The fourth-order valence-corrected chi connectivity index (χ4v) is 2.82. The molecule has 0 amide bonds. The number of rotatable bonds is 4. The quantitative estimate of drug-likeness (QED) is 0.403. The van der Waals surface area contributed by atoms with Crippen molar-refractivity contribution < 1.29 is 26.7 Å². The van der Waals surface area contributed by atoms with Crippen molar-refractivity contribution in [3.63, 3.8) is 0 Å². The summed E-state index contributed by atoms with van der Waals surface area (Å²) in [5, 5.41) is 15.3. The van der Waals surface area contributed by atoms with Crippen LogP contribution in [0, 0.1) is 11.6 Å². The van der Waals surface area contributed by atoms with Gasteiger partial charge in [0.05, 0.1) is 5.56 Å². The van der Waals surface area contributed by atoms with Crippen molar-refractivity contribution in [2.24, 2.45) is 0 Å². The number of aromatic nitrogens is 4. The van der Waals surface area contributed by atoms with Crippen molar-refractivity contribution in [2.75, 3.05) is 0 Å². The SMILES string of the molecule is Fc1cccc(F)c1-c1nnc(-c2ccc(-c3ccc(OC(F)(F)F)cc3)cc2)nn1. The van der Waals surface area contributed by atoms with E-state index in [0.717, 1.165) is 17.7 Å². The molecule has 156 valence electrons. The Bertz CT molecular complexity index is 1170. The highest BCUT2D eigenvalue weighted by atomic mass is 19.4. The number of benzene rings is 3. The molecule has 0 atom stereocenters. The van der Waals surface area contributed by atoms with Gasteiger partial charge in [-0.05, 0) is 35.4 Å². The van der Waals surface area contributed by atoms with E-state index >= 15 is 0 Å². The van der Waals surface area contributed by atoms with E-state index in [-0.39, 0.29) is 17.4 Å². The molecule has 3 aromatic carbocycles. The van der Waals surface area contributed by atoms with E-state index in [1.54, 1.807) is 24.3 Å². The van der Waals surface area contributed by atoms with Crippen LogP contribution in [-0.4, -0.2) is 26.8 Å². The van der Waals surface area contributed by atoms with Gasteiger partial charge in [-0.1, -0.05) is 42.5 Å². The maximum atomic E-state index is 13.8. The first-order valence-corrected chi connectivity index (χ1v) is 8.78. The highest BCUT2D eigenvalue weighted by Crippen LogP contribution is 2.28. The molecule has 0 N–H and O–H groups in total. The second-order valence-electron chi connectivity index (χ2n) is 6.29. The van der Waals surface area contributed by atoms with Gasteiger partial charge in [0.2, 0.25) is 11.6 Å². The Morgan fingerprint density at radius 2 is 1.03 bits per heavy atom. The summed E-state index contributed by atoms with van der Waals surface area (Å²) < 4.78 is 68.3. The summed E-state index contributed by atoms with van der Waals surface area (Å²) >= 11 is 0. The van der Waals surface area contributed by atoms with Crippen LogP contribution >= 0.6 is 0 Å². The third kappa shape index (κ3) is 4.63. The van der Waals surface area contributed by atoms with Gasteiger partial charge in [0.15, 0.2) is 0 Å². The second kappa shape index (κ2) is 8.05. The summed E-state index contributed by atoms with van der Waals surface area (Å²) in [5.74, 6) is -2.11. The third-order valence-electron chi connectivity index (χ3n) is 4.23. The molecule has 0 bridgehead atoms. The smallest absolute Gasteiger partial charge is 0.406 e. The maximum Gasteiger partial charge on any atom is 0.573 e. The lowest BCUT2D eigenvalue weighted by molar-refractivity contribution is -0.274. The van der Waals surface area contributed by atoms with Crippen molar-refractivity contribution >= 4 is 0 Å². The van der Waals surface area contributed by atoms with Crippen LogP contribution in [0.4, 0.5) is 22.0 Å². The minimum atomic E-state index is -4.75. The average molecular weight is 430 g/mol. The predicted molar refractivity (Wildman–Crippen MR) is 101 cm³/mol. The summed E-state index contributed by atoms with van der Waals surface area (Å²) in [7, 11) is 0. The molecule has 0 unspecified atom stereocenters. The van der Waals surface area contributed by atoms with Crippen LogP contribution in [0.1, 0.15) is 0 Å². The van der Waals surface area contributed by atoms with Crippen LogP contribution in [0.3, 0.4) is 0 Å². The molecule has 0 fully saturated rings. The molecule has 10 heteroatoms. The van der Waals surface area contributed by atoms with Crippen LogP contribution < -0.4 is 4.74 Å². The van der Waals surface area contributed by atoms with Gasteiger partial charge in [-0.25, -0.2) is 8.78 Å². The van der Waals surface area contributed by atoms with Gasteiger partial charge >= 0.3 is 6.36 Å². The number of nitrogens with zero attached hydrogens (tertiary/aromatic N) is 4. The van der Waals surface area contributed by atoms with Gasteiger partial charge in [-0.2, -0.15) is 0 Å². The highest BCUT2D eigenvalue weighted by molar-refractivity contribution is 5.68. The number of halogens is 5. The Hall–Kier alpha value is -3.95. The van der Waals surface area contributed by atoms with E-state index in [1.165, 1.54) is 30.3 Å². The lowest BCUT2D eigenvalue weighted by Gasteiger charge is -2.09. The van der Waals surface area contributed by atoms with Gasteiger partial charge < -0.3 is 4.74 Å². The molecule has 0 aliphatic heterocycles. The Morgan fingerprint density at radius 1 is 0.581 bits per heavy atom. The van der Waals surface area contributed by atoms with Gasteiger partial charge in [0, 0.05) is 5.56 Å². The van der Waals surface area contributed by atoms with E-state index < -0.39 is 23.6 Å². The van der Waals surface area contributed by atoms with E-state index in [9.17, 15) is 22.0 Å². The van der Waals surface area contributed by atoms with Crippen LogP contribution in [0.5, 0.6) is 5.75 Å². The van der Waals surface area contributed by atoms with Crippen molar-refractivity contribution in [1.82, 2.24) is 20.4 Å². The summed E-state index contributed by atoms with van der Waals surface area (Å²) in [5.41, 5.74) is 1.53. The Balaban J connectivity index is 1.53. The zero-order valence-corrected chi connectivity index (χ0v) is 15.4. The van der Waals surface area contributed by atoms with E-state index in [1.807, 2.05) is 0 Å². The summed E-state index contributed by atoms with van der Waals surface area (Å²) in [4.78, 5) is 0. The van der Waals surface area contributed by atoms with Gasteiger partial charge in [0.1, 0.15) is 17.4 Å². The molecule has 31 heavy (non-hydrogen) atoms. The number of ether oxygens (including phenoxy) is 1. The van der Waals surface area contributed by atoms with E-state index in [2.05, 4.69) is 25.1 Å². The summed E-state index contributed by atoms with van der Waals surface area (Å²) in [6.45, 7) is 0. The van der Waals surface area contributed by atoms with Crippen LogP contribution in [0.25, 0.3) is 33.9 Å². The molecule has 1 heterocycles. The fraction of sp³-hybridized carbons (Fsp3) is 0.0476. The minimum absolute atomic E-state index is 0.140. The second-order valence-corrected chi connectivity index (χ2v) is 6.29. The van der Waals surface area contributed by atoms with Crippen molar-refractivity contribution in [3.8, 4) is 39.7 Å². The van der Waals surface area contributed by atoms with Gasteiger partial charge in [-0.3, -0.25) is 0 Å². The highest BCUT2D eigenvalue weighted by Gasteiger charge is 2.30. The van der Waals surface area contributed by atoms with E-state index in [0.29, 0.717) is 11.1 Å². The minimum Gasteiger partial charge on any atom is -0.406 e. The van der Waals surface area contributed by atoms with Crippen molar-refractivity contribution in [1.29, 1.82) is 0 Å². The number of alkyl halides is 3. The van der Waals surface area contributed by atoms with Crippen molar-refractivity contribution in [2.45, 2.75) is 6.36 Å². The molecule has 5 nitrogen and oxygen atoms in total. The average Bonchev–Trinajstić information content (AvgIpc) is 2.74. The largest absolute Gasteiger partial charge is 0.573 e. The molecule has 1 aromatic heterocycles. The van der Waals surface area contributed by atoms with Crippen LogP contribution in [0.2, 0.25) is 0 Å². The molecule has 0 aliphatic carbocycles. The Morgan fingerprint density at radius 3 is 1.55 bits per heavy atom. The molecule has 0 saturated carbocycles. The maximum absolute atomic E-state index is 13.8. The first-order valence-electron chi connectivity index (χ1n) is 8.78. The Labute approximate surface area is 172 Å². The molecular weight excluding hydrogens is 419 g/mol. The number of hydrogen-bond acceptors (Lipinski definition) is 5. The van der Waals surface area contributed by atoms with Gasteiger partial charge in [0.25, 0.3) is 0 Å². The molecule has 4 rings (SSSR count). The zero-order valence-electron chi connectivity index (χ0n) is 15.4. The topological polar surface area (TPSA) is 60.8 Å².